The van der Waals surface area contributed by atoms with E-state index in [1.54, 1.807) is 11.3 Å². The molecule has 26 heavy (non-hydrogen) atoms. The summed E-state index contributed by atoms with van der Waals surface area (Å²) in [6.07, 6.45) is 4.22. The van der Waals surface area contributed by atoms with Crippen LogP contribution in [0.25, 0.3) is 10.2 Å². The Labute approximate surface area is 161 Å². The van der Waals surface area contributed by atoms with E-state index in [9.17, 15) is 9.59 Å². The van der Waals surface area contributed by atoms with Gasteiger partial charge in [0, 0.05) is 16.8 Å². The Morgan fingerprint density at radius 1 is 1.27 bits per heavy atom. The van der Waals surface area contributed by atoms with Crippen LogP contribution in [0.2, 0.25) is 0 Å². The minimum absolute atomic E-state index is 0.160. The van der Waals surface area contributed by atoms with Gasteiger partial charge < -0.3 is 5.32 Å². The quantitative estimate of drug-likeness (QED) is 0.581. The molecule has 6 nitrogen and oxygen atoms in total. The number of aromatic nitrogens is 2. The average molecular weight is 393 g/mol. The monoisotopic (exact) mass is 392 g/mol. The van der Waals surface area contributed by atoms with Crippen molar-refractivity contribution < 1.29 is 9.59 Å². The minimum atomic E-state index is -0.434. The molecule has 2 aromatic heterocycles. The molecule has 8 heteroatoms. The zero-order valence-electron chi connectivity index (χ0n) is 15.3. The van der Waals surface area contributed by atoms with E-state index in [2.05, 4.69) is 34.4 Å². The van der Waals surface area contributed by atoms with Crippen molar-refractivity contribution in [2.24, 2.45) is 5.92 Å². The largest absolute Gasteiger partial charge is 0.338 e. The molecule has 140 valence electrons. The Bertz CT molecular complexity index is 832. The number of carbonyl (C=O) groups excluding carboxylic acids is 2. The van der Waals surface area contributed by atoms with Crippen LogP contribution in [0, 0.1) is 12.8 Å². The molecule has 3 rings (SSSR count). The Balaban J connectivity index is 1.61. The molecule has 1 aliphatic rings. The summed E-state index contributed by atoms with van der Waals surface area (Å²) in [5, 5.41) is 7.04. The SMILES string of the molecule is Cc1nc(SCC(=O)NC(=O)NCCC(C)C)c2c3c(sc2n1)CCC3. The lowest BCUT2D eigenvalue weighted by atomic mass is 10.1. The molecular weight excluding hydrogens is 368 g/mol. The van der Waals surface area contributed by atoms with E-state index >= 15 is 0 Å². The summed E-state index contributed by atoms with van der Waals surface area (Å²) < 4.78 is 0. The van der Waals surface area contributed by atoms with E-state index in [4.69, 9.17) is 0 Å². The van der Waals surface area contributed by atoms with Crippen molar-refractivity contribution in [2.75, 3.05) is 12.3 Å². The van der Waals surface area contributed by atoms with Crippen molar-refractivity contribution in [1.82, 2.24) is 20.6 Å². The number of urea groups is 1. The molecular formula is C18H24N4O2S2. The van der Waals surface area contributed by atoms with Crippen molar-refractivity contribution in [3.05, 3.63) is 16.3 Å². The lowest BCUT2D eigenvalue weighted by Gasteiger charge is -2.08. The molecule has 0 bridgehead atoms. The second-order valence-corrected chi connectivity index (χ2v) is 8.94. The fraction of sp³-hybridized carbons (Fsp3) is 0.556. The zero-order valence-corrected chi connectivity index (χ0v) is 17.0. The van der Waals surface area contributed by atoms with E-state index in [1.165, 1.54) is 28.6 Å². The second-order valence-electron chi connectivity index (χ2n) is 6.89. The predicted molar refractivity (Wildman–Crippen MR) is 106 cm³/mol. The van der Waals surface area contributed by atoms with Crippen LogP contribution in [-0.4, -0.2) is 34.2 Å². The van der Waals surface area contributed by atoms with Crippen LogP contribution in [-0.2, 0) is 17.6 Å². The Morgan fingerprint density at radius 3 is 2.85 bits per heavy atom. The van der Waals surface area contributed by atoms with Gasteiger partial charge in [-0.15, -0.1) is 11.3 Å². The predicted octanol–water partition coefficient (Wildman–Crippen LogP) is 3.45. The summed E-state index contributed by atoms with van der Waals surface area (Å²) in [4.78, 5) is 35.3. The Kier molecular flexibility index (Phi) is 6.13. The van der Waals surface area contributed by atoms with Crippen molar-refractivity contribution in [3.63, 3.8) is 0 Å². The van der Waals surface area contributed by atoms with Crippen LogP contribution < -0.4 is 10.6 Å². The third kappa shape index (κ3) is 4.54. The first-order valence-corrected chi connectivity index (χ1v) is 10.7. The summed E-state index contributed by atoms with van der Waals surface area (Å²) in [5.74, 6) is 1.07. The number of amides is 3. The maximum absolute atomic E-state index is 12.1. The molecule has 0 aliphatic heterocycles. The molecule has 3 amide bonds. The fourth-order valence-corrected chi connectivity index (χ4v) is 5.26. The molecule has 0 unspecified atom stereocenters. The third-order valence-corrected chi connectivity index (χ3v) is 6.40. The first-order chi connectivity index (χ1) is 12.4. The summed E-state index contributed by atoms with van der Waals surface area (Å²) in [5.41, 5.74) is 1.35. The van der Waals surface area contributed by atoms with Crippen LogP contribution in [0.1, 0.15) is 43.0 Å². The summed E-state index contributed by atoms with van der Waals surface area (Å²) >= 11 is 3.12. The van der Waals surface area contributed by atoms with Gasteiger partial charge in [-0.2, -0.15) is 0 Å². The number of hydrogen-bond donors (Lipinski definition) is 2. The number of nitrogens with zero attached hydrogens (tertiary/aromatic N) is 2. The highest BCUT2D eigenvalue weighted by molar-refractivity contribution is 8.00. The number of thiophene rings is 1. The van der Waals surface area contributed by atoms with Gasteiger partial charge in [0.15, 0.2) is 0 Å². The van der Waals surface area contributed by atoms with E-state index in [-0.39, 0.29) is 11.7 Å². The molecule has 0 radical (unpaired) electrons. The Hall–Kier alpha value is -1.67. The smallest absolute Gasteiger partial charge is 0.321 e. The molecule has 2 aromatic rings. The van der Waals surface area contributed by atoms with Crippen LogP contribution in [0.3, 0.4) is 0 Å². The van der Waals surface area contributed by atoms with E-state index in [0.29, 0.717) is 18.3 Å². The van der Waals surface area contributed by atoms with Crippen molar-refractivity contribution >= 4 is 45.3 Å². The maximum Gasteiger partial charge on any atom is 0.321 e. The number of aryl methyl sites for hydroxylation is 3. The lowest BCUT2D eigenvalue weighted by molar-refractivity contribution is -0.117. The van der Waals surface area contributed by atoms with E-state index in [0.717, 1.165) is 34.5 Å². The van der Waals surface area contributed by atoms with Crippen molar-refractivity contribution in [2.45, 2.75) is 51.5 Å². The van der Waals surface area contributed by atoms with E-state index < -0.39 is 6.03 Å². The number of carbonyl (C=O) groups is 2. The molecule has 0 saturated heterocycles. The highest BCUT2D eigenvalue weighted by Gasteiger charge is 2.22. The summed E-state index contributed by atoms with van der Waals surface area (Å²) in [6, 6.07) is -0.434. The molecule has 0 atom stereocenters. The van der Waals surface area contributed by atoms with Gasteiger partial charge in [0.05, 0.1) is 5.75 Å². The molecule has 2 N–H and O–H groups in total. The van der Waals surface area contributed by atoms with Crippen LogP contribution in [0.5, 0.6) is 0 Å². The molecule has 0 fully saturated rings. The maximum atomic E-state index is 12.1. The topological polar surface area (TPSA) is 84.0 Å². The van der Waals surface area contributed by atoms with Gasteiger partial charge in [-0.1, -0.05) is 25.6 Å². The number of thioether (sulfide) groups is 1. The highest BCUT2D eigenvalue weighted by Crippen LogP contribution is 2.40. The normalized spacial score (nSPS) is 13.2. The molecule has 0 spiro atoms. The molecule has 1 aliphatic carbocycles. The van der Waals surface area contributed by atoms with Gasteiger partial charge in [0.2, 0.25) is 5.91 Å². The molecule has 0 saturated carbocycles. The van der Waals surface area contributed by atoms with Gasteiger partial charge in [0.25, 0.3) is 0 Å². The number of nitrogens with one attached hydrogen (secondary N) is 2. The molecule has 2 heterocycles. The van der Waals surface area contributed by atoms with Gasteiger partial charge in [0.1, 0.15) is 15.7 Å². The summed E-state index contributed by atoms with van der Waals surface area (Å²) in [7, 11) is 0. The highest BCUT2D eigenvalue weighted by atomic mass is 32.2. The van der Waals surface area contributed by atoms with Crippen molar-refractivity contribution in [1.29, 1.82) is 0 Å². The summed E-state index contributed by atoms with van der Waals surface area (Å²) in [6.45, 7) is 6.62. The van der Waals surface area contributed by atoms with Gasteiger partial charge >= 0.3 is 6.03 Å². The zero-order chi connectivity index (χ0) is 18.7. The second kappa shape index (κ2) is 8.35. The fourth-order valence-electron chi connectivity index (χ4n) is 2.98. The number of hydrogen-bond acceptors (Lipinski definition) is 6. The standard InChI is InChI=1S/C18H24N4O2S2/c1-10(2)7-8-19-18(24)22-14(23)9-25-16-15-12-5-4-6-13(12)26-17(15)21-11(3)20-16/h10H,4-9H2,1-3H3,(H2,19,22,23,24). The number of rotatable bonds is 6. The van der Waals surface area contributed by atoms with Crippen LogP contribution in [0.15, 0.2) is 5.03 Å². The number of fused-ring (bicyclic) bond motifs is 3. The lowest BCUT2D eigenvalue weighted by Crippen LogP contribution is -2.40. The Morgan fingerprint density at radius 2 is 2.08 bits per heavy atom. The van der Waals surface area contributed by atoms with Gasteiger partial charge in [-0.05, 0) is 44.1 Å². The van der Waals surface area contributed by atoms with Crippen molar-refractivity contribution in [3.8, 4) is 0 Å². The van der Waals surface area contributed by atoms with Crippen LogP contribution in [0.4, 0.5) is 4.79 Å². The van der Waals surface area contributed by atoms with Crippen LogP contribution >= 0.6 is 23.1 Å². The van der Waals surface area contributed by atoms with E-state index in [1.807, 2.05) is 6.92 Å². The number of imide groups is 1. The first-order valence-electron chi connectivity index (χ1n) is 8.93. The average Bonchev–Trinajstić information content (AvgIpc) is 3.12. The van der Waals surface area contributed by atoms with Gasteiger partial charge in [-0.25, -0.2) is 14.8 Å². The van der Waals surface area contributed by atoms with Gasteiger partial charge in [-0.3, -0.25) is 10.1 Å². The first kappa shape index (κ1) is 19.1. The third-order valence-electron chi connectivity index (χ3n) is 4.24. The minimum Gasteiger partial charge on any atom is -0.338 e. The molecule has 0 aromatic carbocycles.